The number of nitrogens with one attached hydrogen (secondary N) is 1. The number of nitrogens with zero attached hydrogens (tertiary/aromatic N) is 3. The number of aryl methyl sites for hydroxylation is 1. The van der Waals surface area contributed by atoms with Gasteiger partial charge < -0.3 is 34.9 Å². The third-order valence-corrected chi connectivity index (χ3v) is 6.57. The van der Waals surface area contributed by atoms with Gasteiger partial charge in [0.2, 0.25) is 0 Å². The average molecular weight is 673 g/mol. The third-order valence-electron chi connectivity index (χ3n) is 6.57. The van der Waals surface area contributed by atoms with Crippen LogP contribution in [-0.4, -0.2) is 97.1 Å². The number of aliphatic hydroxyl groups is 2. The Morgan fingerprint density at radius 2 is 1.74 bits per heavy atom. The molecule has 1 fully saturated rings. The highest BCUT2D eigenvalue weighted by Crippen LogP contribution is 2.38. The molecule has 1 aliphatic rings. The van der Waals surface area contributed by atoms with Crippen LogP contribution in [0.5, 0.6) is 0 Å². The minimum atomic E-state index is -5.19. The Morgan fingerprint density at radius 3 is 2.24 bits per heavy atom. The van der Waals surface area contributed by atoms with Crippen molar-refractivity contribution >= 4 is 17.6 Å². The first kappa shape index (κ1) is 38.4. The molecule has 1 amide bonds. The van der Waals surface area contributed by atoms with Gasteiger partial charge in [0, 0.05) is 36.4 Å². The first-order valence-corrected chi connectivity index (χ1v) is 13.5. The van der Waals surface area contributed by atoms with E-state index < -0.39 is 66.1 Å². The summed E-state index contributed by atoms with van der Waals surface area (Å²) in [5, 5.41) is 30.5. The molecule has 0 aliphatic carbocycles. The SMILES string of the molecule is Cc1cn([C@H]2C[C@H](O)[C@@H](CO)O2)c(=O)n(CCOCCNC(=O)c2ccc([N+](C)(C)C)c(C(F)(F)F)c2)c1=O.O=C([O-])C(F)(F)F. The van der Waals surface area contributed by atoms with Crippen LogP contribution in [0.1, 0.15) is 34.1 Å². The number of rotatable bonds is 10. The van der Waals surface area contributed by atoms with E-state index in [1.807, 2.05) is 0 Å². The molecule has 46 heavy (non-hydrogen) atoms. The number of hydrogen-bond donors (Lipinski definition) is 3. The van der Waals surface area contributed by atoms with Gasteiger partial charge in [-0.2, -0.15) is 26.3 Å². The molecule has 3 N–H and O–H groups in total. The molecule has 3 atom stereocenters. The third kappa shape index (κ3) is 10.1. The number of quaternary nitrogens is 1. The quantitative estimate of drug-likeness (QED) is 0.177. The van der Waals surface area contributed by atoms with Crippen molar-refractivity contribution in [3.05, 3.63) is 61.9 Å². The summed E-state index contributed by atoms with van der Waals surface area (Å²) in [6, 6.07) is 3.43. The molecule has 2 aromatic rings. The van der Waals surface area contributed by atoms with Crippen LogP contribution in [0.2, 0.25) is 0 Å². The lowest BCUT2D eigenvalue weighted by atomic mass is 10.1. The van der Waals surface area contributed by atoms with Gasteiger partial charge in [-0.05, 0) is 19.1 Å². The first-order valence-electron chi connectivity index (χ1n) is 13.5. The van der Waals surface area contributed by atoms with Crippen LogP contribution in [0.15, 0.2) is 34.0 Å². The molecule has 1 aromatic heterocycles. The zero-order valence-electron chi connectivity index (χ0n) is 25.1. The van der Waals surface area contributed by atoms with Gasteiger partial charge >= 0.3 is 18.0 Å². The van der Waals surface area contributed by atoms with Crippen LogP contribution in [0.4, 0.5) is 32.0 Å². The van der Waals surface area contributed by atoms with E-state index in [2.05, 4.69) is 5.32 Å². The number of carboxylic acids is 1. The number of aliphatic hydroxyl groups excluding tert-OH is 2. The fraction of sp³-hybridized carbons (Fsp3) is 0.556. The Labute approximate surface area is 257 Å². The fourth-order valence-electron chi connectivity index (χ4n) is 4.30. The summed E-state index contributed by atoms with van der Waals surface area (Å²) >= 11 is 0. The second kappa shape index (κ2) is 15.2. The number of amides is 1. The van der Waals surface area contributed by atoms with Crippen LogP contribution in [0.3, 0.4) is 0 Å². The van der Waals surface area contributed by atoms with Gasteiger partial charge in [-0.1, -0.05) is 0 Å². The van der Waals surface area contributed by atoms with E-state index in [1.165, 1.54) is 29.8 Å². The molecule has 1 aromatic carbocycles. The molecule has 0 saturated carbocycles. The molecule has 2 heterocycles. The van der Waals surface area contributed by atoms with Gasteiger partial charge in [0.25, 0.3) is 11.5 Å². The minimum absolute atomic E-state index is 0.0133. The first-order chi connectivity index (χ1) is 21.1. The summed E-state index contributed by atoms with van der Waals surface area (Å²) in [5.74, 6) is -3.71. The molecule has 0 bridgehead atoms. The Bertz CT molecular complexity index is 1500. The Morgan fingerprint density at radius 1 is 1.13 bits per heavy atom. The predicted octanol–water partition coefficient (Wildman–Crippen LogP) is -0.0802. The van der Waals surface area contributed by atoms with Gasteiger partial charge in [-0.25, -0.2) is 4.79 Å². The Balaban J connectivity index is 0.000000942. The maximum absolute atomic E-state index is 13.6. The van der Waals surface area contributed by atoms with Crippen LogP contribution in [0, 0.1) is 6.92 Å². The predicted molar refractivity (Wildman–Crippen MR) is 147 cm³/mol. The molecular weight excluding hydrogens is 638 g/mol. The normalized spacial score (nSPS) is 18.6. The summed E-state index contributed by atoms with van der Waals surface area (Å²) in [6.45, 7) is 0.920. The number of halogens is 6. The van der Waals surface area contributed by atoms with Crippen molar-refractivity contribution in [2.24, 2.45) is 0 Å². The molecule has 3 rings (SSSR count). The van der Waals surface area contributed by atoms with Gasteiger partial charge in [0.05, 0.1) is 53.6 Å². The van der Waals surface area contributed by atoms with E-state index >= 15 is 0 Å². The molecule has 1 aliphatic heterocycles. The van der Waals surface area contributed by atoms with E-state index in [4.69, 9.17) is 19.4 Å². The molecule has 1 saturated heterocycles. The van der Waals surface area contributed by atoms with Crippen LogP contribution < -0.4 is 26.2 Å². The Kier molecular flexibility index (Phi) is 12.7. The van der Waals surface area contributed by atoms with Gasteiger partial charge in [-0.15, -0.1) is 0 Å². The second-order valence-electron chi connectivity index (χ2n) is 11.0. The van der Waals surface area contributed by atoms with Gasteiger partial charge in [-0.3, -0.25) is 23.2 Å². The highest BCUT2D eigenvalue weighted by molar-refractivity contribution is 5.94. The molecule has 0 radical (unpaired) electrons. The molecule has 19 heteroatoms. The number of aromatic nitrogens is 2. The lowest BCUT2D eigenvalue weighted by Crippen LogP contribution is -2.43. The van der Waals surface area contributed by atoms with Crippen molar-refractivity contribution in [1.29, 1.82) is 0 Å². The Hall–Kier alpha value is -3.78. The van der Waals surface area contributed by atoms with E-state index in [0.29, 0.717) is 0 Å². The van der Waals surface area contributed by atoms with Crippen LogP contribution >= 0.6 is 0 Å². The number of aliphatic carboxylic acids is 1. The highest BCUT2D eigenvalue weighted by Gasteiger charge is 2.39. The number of benzene rings is 1. The van der Waals surface area contributed by atoms with Gasteiger partial charge in [0.1, 0.15) is 29.6 Å². The largest absolute Gasteiger partial charge is 0.542 e. The minimum Gasteiger partial charge on any atom is -0.542 e. The van der Waals surface area contributed by atoms with E-state index in [0.717, 1.165) is 10.6 Å². The van der Waals surface area contributed by atoms with Crippen molar-refractivity contribution in [2.45, 2.75) is 50.7 Å². The lowest BCUT2D eigenvalue weighted by Gasteiger charge is -2.27. The molecule has 258 valence electrons. The van der Waals surface area contributed by atoms with Gasteiger partial charge in [0.15, 0.2) is 0 Å². The molecular formula is C27H34F6N4O9. The van der Waals surface area contributed by atoms with Crippen molar-refractivity contribution in [3.8, 4) is 0 Å². The maximum atomic E-state index is 13.6. The zero-order chi connectivity index (χ0) is 35.2. The number of carboxylic acid groups (broad SMARTS) is 1. The molecule has 0 spiro atoms. The monoisotopic (exact) mass is 672 g/mol. The standard InChI is InChI=1S/C25H33F3N4O7.C2HF3O2/c1-15-13-31(21-12-19(34)20(14-33)39-21)24(37)30(23(15)36)8-10-38-9-7-29-22(35)16-5-6-18(32(2,3)4)17(11-16)25(26,27)28;3-2(4,5)1(6)7/h5-6,11,13,19-21,33-34H,7-10,12,14H2,1-4H3;(H,6,7)/t19-,20+,21+;/m0./s1. The summed E-state index contributed by atoms with van der Waals surface area (Å²) in [6.07, 6.45) is -11.1. The fourth-order valence-corrected chi connectivity index (χ4v) is 4.30. The van der Waals surface area contributed by atoms with Crippen molar-refractivity contribution in [2.75, 3.05) is 47.5 Å². The molecule has 0 unspecified atom stereocenters. The topological polar surface area (TPSA) is 172 Å². The maximum Gasteiger partial charge on any atom is 0.430 e. The average Bonchev–Trinajstić information content (AvgIpc) is 3.32. The zero-order valence-corrected chi connectivity index (χ0v) is 25.1. The number of ether oxygens (including phenoxy) is 2. The van der Waals surface area contributed by atoms with Crippen molar-refractivity contribution < 1.29 is 60.7 Å². The molecule has 13 nitrogen and oxygen atoms in total. The summed E-state index contributed by atoms with van der Waals surface area (Å²) in [4.78, 5) is 46.6. The van der Waals surface area contributed by atoms with E-state index in [1.54, 1.807) is 21.1 Å². The van der Waals surface area contributed by atoms with Crippen molar-refractivity contribution in [1.82, 2.24) is 18.9 Å². The lowest BCUT2D eigenvalue weighted by molar-refractivity contribution is -0.344. The number of carbonyl (C=O) groups is 2. The summed E-state index contributed by atoms with van der Waals surface area (Å²) in [7, 11) is 4.80. The number of carbonyl (C=O) groups excluding carboxylic acids is 2. The van der Waals surface area contributed by atoms with Crippen LogP contribution in [-0.2, 0) is 27.0 Å². The van der Waals surface area contributed by atoms with Crippen molar-refractivity contribution in [3.63, 3.8) is 0 Å². The van der Waals surface area contributed by atoms with E-state index in [9.17, 15) is 50.9 Å². The smallest absolute Gasteiger partial charge is 0.430 e. The second-order valence-corrected chi connectivity index (χ2v) is 11.0. The summed E-state index contributed by atoms with van der Waals surface area (Å²) in [5.41, 5.74) is -1.94. The summed E-state index contributed by atoms with van der Waals surface area (Å²) < 4.78 is 85.3. The van der Waals surface area contributed by atoms with E-state index in [-0.39, 0.29) is 54.0 Å². The number of alkyl halides is 6. The number of hydrogen-bond acceptors (Lipinski definition) is 9. The van der Waals surface area contributed by atoms with Crippen LogP contribution in [0.25, 0.3) is 0 Å². The highest BCUT2D eigenvalue weighted by atomic mass is 19.4.